The van der Waals surface area contributed by atoms with E-state index in [-0.39, 0.29) is 12.5 Å². The number of benzene rings is 1. The number of rotatable bonds is 2. The van der Waals surface area contributed by atoms with Crippen LogP contribution in [0.15, 0.2) is 18.2 Å². The van der Waals surface area contributed by atoms with Gasteiger partial charge in [0.15, 0.2) is 0 Å². The summed E-state index contributed by atoms with van der Waals surface area (Å²) in [6, 6.07) is 4.83. The van der Waals surface area contributed by atoms with Crippen molar-refractivity contribution < 1.29 is 9.59 Å². The second-order valence-electron chi connectivity index (χ2n) is 3.88. The Morgan fingerprint density at radius 3 is 2.81 bits per heavy atom. The van der Waals surface area contributed by atoms with Crippen molar-refractivity contribution in [1.82, 2.24) is 0 Å². The summed E-state index contributed by atoms with van der Waals surface area (Å²) >= 11 is 0. The monoisotopic (exact) mass is 219 g/mol. The van der Waals surface area contributed by atoms with Crippen LogP contribution in [0.3, 0.4) is 0 Å². The van der Waals surface area contributed by atoms with Crippen LogP contribution in [-0.2, 0) is 9.59 Å². The van der Waals surface area contributed by atoms with E-state index in [9.17, 15) is 9.59 Å². The van der Waals surface area contributed by atoms with Crippen molar-refractivity contribution in [2.24, 2.45) is 11.5 Å². The number of anilines is 1. The van der Waals surface area contributed by atoms with E-state index in [2.05, 4.69) is 0 Å². The maximum Gasteiger partial charge on any atom is 0.249 e. The summed E-state index contributed by atoms with van der Waals surface area (Å²) in [7, 11) is 0. The third-order valence-corrected chi connectivity index (χ3v) is 2.72. The normalized spacial score (nSPS) is 18.8. The minimum atomic E-state index is -0.686. The zero-order chi connectivity index (χ0) is 11.9. The number of primary amides is 1. The van der Waals surface area contributed by atoms with E-state index in [1.54, 1.807) is 6.07 Å². The zero-order valence-corrected chi connectivity index (χ0v) is 8.93. The van der Waals surface area contributed by atoms with Gasteiger partial charge in [-0.05, 0) is 12.5 Å². The lowest BCUT2D eigenvalue weighted by atomic mass is 10.1. The third kappa shape index (κ3) is 1.45. The molecule has 0 bridgehead atoms. The molecule has 5 nitrogen and oxygen atoms in total. The predicted molar refractivity (Wildman–Crippen MR) is 59.7 cm³/mol. The first kappa shape index (κ1) is 10.6. The molecule has 0 spiro atoms. The number of hydrogen-bond donors (Lipinski definition) is 2. The summed E-state index contributed by atoms with van der Waals surface area (Å²) < 4.78 is 0. The second-order valence-corrected chi connectivity index (χ2v) is 3.88. The molecule has 1 unspecified atom stereocenters. The molecule has 0 fully saturated rings. The van der Waals surface area contributed by atoms with Crippen LogP contribution in [0.1, 0.15) is 17.2 Å². The van der Waals surface area contributed by atoms with Crippen molar-refractivity contribution in [3.8, 4) is 0 Å². The van der Waals surface area contributed by atoms with Crippen LogP contribution in [0.25, 0.3) is 0 Å². The number of amides is 2. The molecule has 2 rings (SSSR count). The van der Waals surface area contributed by atoms with E-state index >= 15 is 0 Å². The number of hydrogen-bond acceptors (Lipinski definition) is 3. The molecule has 0 saturated heterocycles. The smallest absolute Gasteiger partial charge is 0.249 e. The lowest BCUT2D eigenvalue weighted by Gasteiger charge is -2.17. The second kappa shape index (κ2) is 3.61. The van der Waals surface area contributed by atoms with E-state index in [4.69, 9.17) is 11.5 Å². The van der Waals surface area contributed by atoms with Gasteiger partial charge in [-0.15, -0.1) is 0 Å². The fraction of sp³-hybridized carbons (Fsp3) is 0.273. The standard InChI is InChI=1S/C11H13N3O2/c1-6-3-2-4-7-9(13)11(16)14(10(6)7)5-8(12)15/h2-4,9H,5,13H2,1H3,(H2,12,15). The number of nitrogens with two attached hydrogens (primary N) is 2. The van der Waals surface area contributed by atoms with E-state index in [0.717, 1.165) is 16.8 Å². The topological polar surface area (TPSA) is 89.4 Å². The van der Waals surface area contributed by atoms with Gasteiger partial charge in [0, 0.05) is 5.56 Å². The van der Waals surface area contributed by atoms with Gasteiger partial charge < -0.3 is 16.4 Å². The van der Waals surface area contributed by atoms with E-state index in [0.29, 0.717) is 0 Å². The maximum atomic E-state index is 11.8. The number of nitrogens with zero attached hydrogens (tertiary/aromatic N) is 1. The van der Waals surface area contributed by atoms with E-state index < -0.39 is 11.9 Å². The number of aryl methyl sites for hydroxylation is 1. The van der Waals surface area contributed by atoms with Crippen LogP contribution < -0.4 is 16.4 Å². The molecule has 4 N–H and O–H groups in total. The zero-order valence-electron chi connectivity index (χ0n) is 8.93. The van der Waals surface area contributed by atoms with Gasteiger partial charge in [-0.3, -0.25) is 9.59 Å². The van der Waals surface area contributed by atoms with Crippen molar-refractivity contribution in [2.45, 2.75) is 13.0 Å². The molecule has 0 aromatic heterocycles. The highest BCUT2D eigenvalue weighted by Crippen LogP contribution is 2.36. The first-order valence-corrected chi connectivity index (χ1v) is 4.97. The molecule has 16 heavy (non-hydrogen) atoms. The summed E-state index contributed by atoms with van der Waals surface area (Å²) in [5, 5.41) is 0. The number of fused-ring (bicyclic) bond motifs is 1. The van der Waals surface area contributed by atoms with Crippen LogP contribution in [0, 0.1) is 6.92 Å². The molecule has 1 heterocycles. The molecular formula is C11H13N3O2. The lowest BCUT2D eigenvalue weighted by molar-refractivity contribution is -0.122. The Bertz CT molecular complexity index is 470. The van der Waals surface area contributed by atoms with Gasteiger partial charge in [0.1, 0.15) is 12.6 Å². The van der Waals surface area contributed by atoms with Crippen molar-refractivity contribution in [3.63, 3.8) is 0 Å². The van der Waals surface area contributed by atoms with Crippen LogP contribution in [-0.4, -0.2) is 18.4 Å². The fourth-order valence-corrected chi connectivity index (χ4v) is 2.03. The molecule has 0 saturated carbocycles. The van der Waals surface area contributed by atoms with Gasteiger partial charge in [0.25, 0.3) is 0 Å². The molecule has 1 aromatic rings. The summed E-state index contributed by atoms with van der Waals surface area (Å²) in [4.78, 5) is 24.1. The Labute approximate surface area is 93.0 Å². The van der Waals surface area contributed by atoms with Crippen molar-refractivity contribution in [2.75, 3.05) is 11.4 Å². The highest BCUT2D eigenvalue weighted by Gasteiger charge is 2.36. The Balaban J connectivity index is 2.51. The Morgan fingerprint density at radius 1 is 1.50 bits per heavy atom. The Kier molecular flexibility index (Phi) is 2.40. The fourth-order valence-electron chi connectivity index (χ4n) is 2.03. The van der Waals surface area contributed by atoms with Crippen molar-refractivity contribution in [3.05, 3.63) is 29.3 Å². The van der Waals surface area contributed by atoms with E-state index in [1.165, 1.54) is 4.90 Å². The van der Waals surface area contributed by atoms with Gasteiger partial charge in [-0.1, -0.05) is 18.2 Å². The van der Waals surface area contributed by atoms with E-state index in [1.807, 2.05) is 19.1 Å². The Morgan fingerprint density at radius 2 is 2.19 bits per heavy atom. The van der Waals surface area contributed by atoms with Crippen molar-refractivity contribution in [1.29, 1.82) is 0 Å². The molecular weight excluding hydrogens is 206 g/mol. The average molecular weight is 219 g/mol. The van der Waals surface area contributed by atoms with Crippen molar-refractivity contribution >= 4 is 17.5 Å². The summed E-state index contributed by atoms with van der Waals surface area (Å²) in [5.74, 6) is -0.820. The predicted octanol–water partition coefficient (Wildman–Crippen LogP) is -0.173. The quantitative estimate of drug-likeness (QED) is 0.723. The third-order valence-electron chi connectivity index (χ3n) is 2.72. The number of para-hydroxylation sites is 1. The molecule has 84 valence electrons. The molecule has 1 aliphatic heterocycles. The largest absolute Gasteiger partial charge is 0.368 e. The summed E-state index contributed by atoms with van der Waals surface area (Å²) in [6.45, 7) is 1.75. The highest BCUT2D eigenvalue weighted by molar-refractivity contribution is 6.08. The highest BCUT2D eigenvalue weighted by atomic mass is 16.2. The molecule has 0 radical (unpaired) electrons. The summed E-state index contributed by atoms with van der Waals surface area (Å²) in [6.07, 6.45) is 0. The SMILES string of the molecule is Cc1cccc2c1N(CC(N)=O)C(=O)C2N. The van der Waals surface area contributed by atoms with Crippen LogP contribution in [0.2, 0.25) is 0 Å². The number of carbonyl (C=O) groups excluding carboxylic acids is 2. The van der Waals surface area contributed by atoms with Gasteiger partial charge in [-0.2, -0.15) is 0 Å². The first-order chi connectivity index (χ1) is 7.52. The Hall–Kier alpha value is -1.88. The van der Waals surface area contributed by atoms with Crippen LogP contribution in [0.5, 0.6) is 0 Å². The lowest BCUT2D eigenvalue weighted by Crippen LogP contribution is -2.38. The van der Waals surface area contributed by atoms with Crippen LogP contribution >= 0.6 is 0 Å². The minimum Gasteiger partial charge on any atom is -0.368 e. The van der Waals surface area contributed by atoms with Crippen LogP contribution in [0.4, 0.5) is 5.69 Å². The minimum absolute atomic E-state index is 0.121. The van der Waals surface area contributed by atoms with Gasteiger partial charge in [0.05, 0.1) is 5.69 Å². The first-order valence-electron chi connectivity index (χ1n) is 4.97. The molecule has 0 aliphatic carbocycles. The summed E-state index contributed by atoms with van der Waals surface area (Å²) in [5.41, 5.74) is 13.3. The molecule has 5 heteroatoms. The molecule has 1 aromatic carbocycles. The molecule has 1 atom stereocenters. The number of carbonyl (C=O) groups is 2. The average Bonchev–Trinajstić information content (AvgIpc) is 2.45. The molecule has 2 amide bonds. The maximum absolute atomic E-state index is 11.8. The van der Waals surface area contributed by atoms with Gasteiger partial charge in [0.2, 0.25) is 11.8 Å². The van der Waals surface area contributed by atoms with Gasteiger partial charge in [-0.25, -0.2) is 0 Å². The molecule has 1 aliphatic rings. The van der Waals surface area contributed by atoms with Gasteiger partial charge >= 0.3 is 0 Å².